The monoisotopic (exact) mass is 366 g/mol. The molecular formula is C15H18N4O5S. The van der Waals surface area contributed by atoms with Gasteiger partial charge in [0.2, 0.25) is 11.7 Å². The Labute approximate surface area is 147 Å². The second-order valence-corrected chi connectivity index (χ2v) is 6.60. The number of carboxylic acid groups (broad SMARTS) is 1. The number of thiazole rings is 1. The molecular weight excluding hydrogens is 348 g/mol. The second kappa shape index (κ2) is 8.38. The number of anilines is 1. The Morgan fingerprint density at radius 3 is 2.72 bits per heavy atom. The van der Waals surface area contributed by atoms with Crippen molar-refractivity contribution in [1.82, 2.24) is 15.5 Å². The van der Waals surface area contributed by atoms with Gasteiger partial charge < -0.3 is 14.9 Å². The van der Waals surface area contributed by atoms with E-state index in [1.807, 2.05) is 13.8 Å². The molecule has 0 radical (unpaired) electrons. The van der Waals surface area contributed by atoms with E-state index < -0.39 is 23.8 Å². The van der Waals surface area contributed by atoms with Gasteiger partial charge in [0, 0.05) is 11.4 Å². The molecule has 0 aliphatic heterocycles. The highest BCUT2D eigenvalue weighted by Crippen LogP contribution is 2.17. The highest BCUT2D eigenvalue weighted by atomic mass is 32.1. The molecule has 2 rings (SSSR count). The zero-order valence-electron chi connectivity index (χ0n) is 13.7. The number of hydrogen-bond acceptors (Lipinski definition) is 7. The number of nitrogens with zero attached hydrogens (tertiary/aromatic N) is 2. The summed E-state index contributed by atoms with van der Waals surface area (Å²) in [5.41, 5.74) is 0.434. The average molecular weight is 366 g/mol. The van der Waals surface area contributed by atoms with Crippen LogP contribution in [0.2, 0.25) is 0 Å². The van der Waals surface area contributed by atoms with Crippen LogP contribution < -0.4 is 10.6 Å². The number of rotatable bonds is 8. The Morgan fingerprint density at radius 2 is 2.12 bits per heavy atom. The van der Waals surface area contributed by atoms with Gasteiger partial charge >= 0.3 is 5.97 Å². The lowest BCUT2D eigenvalue weighted by molar-refractivity contribution is -0.142. The number of carbonyl (C=O) groups is 3. The van der Waals surface area contributed by atoms with Crippen LogP contribution in [-0.4, -0.2) is 39.1 Å². The molecule has 0 spiro atoms. The molecule has 0 aliphatic carbocycles. The van der Waals surface area contributed by atoms with E-state index in [0.29, 0.717) is 17.2 Å². The third kappa shape index (κ3) is 5.68. The summed E-state index contributed by atoms with van der Waals surface area (Å²) in [6.45, 7) is 3.76. The maximum Gasteiger partial charge on any atom is 0.326 e. The van der Waals surface area contributed by atoms with Crippen molar-refractivity contribution < 1.29 is 24.0 Å². The molecule has 1 unspecified atom stereocenters. The van der Waals surface area contributed by atoms with Gasteiger partial charge in [-0.1, -0.05) is 19.0 Å². The lowest BCUT2D eigenvalue weighted by Crippen LogP contribution is -2.42. The zero-order valence-corrected chi connectivity index (χ0v) is 14.5. The molecule has 0 bridgehead atoms. The third-order valence-electron chi connectivity index (χ3n) is 3.12. The smallest absolute Gasteiger partial charge is 0.326 e. The largest absolute Gasteiger partial charge is 0.480 e. The maximum atomic E-state index is 12.0. The Hall–Kier alpha value is -2.75. The van der Waals surface area contributed by atoms with Gasteiger partial charge in [-0.3, -0.25) is 14.9 Å². The number of aliphatic carboxylic acids is 1. The Balaban J connectivity index is 1.90. The quantitative estimate of drug-likeness (QED) is 0.645. The Morgan fingerprint density at radius 1 is 1.36 bits per heavy atom. The lowest BCUT2D eigenvalue weighted by Gasteiger charge is -2.16. The van der Waals surface area contributed by atoms with Crippen LogP contribution in [0, 0.1) is 5.92 Å². The van der Waals surface area contributed by atoms with Crippen molar-refractivity contribution in [2.75, 3.05) is 5.32 Å². The molecule has 1 atom stereocenters. The SMILES string of the molecule is CC(C)CC(NC(=O)Cc1csc(NC(=O)c2ccno2)n1)C(=O)O. The summed E-state index contributed by atoms with van der Waals surface area (Å²) in [4.78, 5) is 39.1. The van der Waals surface area contributed by atoms with Gasteiger partial charge in [0.15, 0.2) is 5.13 Å². The number of carbonyl (C=O) groups excluding carboxylic acids is 2. The highest BCUT2D eigenvalue weighted by Gasteiger charge is 2.21. The number of aromatic nitrogens is 2. The Kier molecular flexibility index (Phi) is 6.23. The van der Waals surface area contributed by atoms with E-state index in [2.05, 4.69) is 20.8 Å². The normalized spacial score (nSPS) is 12.0. The van der Waals surface area contributed by atoms with Crippen LogP contribution in [0.3, 0.4) is 0 Å². The van der Waals surface area contributed by atoms with Gasteiger partial charge in [-0.05, 0) is 12.3 Å². The van der Waals surface area contributed by atoms with Crippen LogP contribution in [0.15, 0.2) is 22.2 Å². The highest BCUT2D eigenvalue weighted by molar-refractivity contribution is 7.14. The van der Waals surface area contributed by atoms with Crippen molar-refractivity contribution in [2.45, 2.75) is 32.7 Å². The first-order valence-electron chi connectivity index (χ1n) is 7.53. The standard InChI is InChI=1S/C15H18N4O5S/c1-8(2)5-10(14(22)23)18-12(20)6-9-7-25-15(17-9)19-13(21)11-3-4-16-24-11/h3-4,7-8,10H,5-6H2,1-2H3,(H,18,20)(H,22,23)(H,17,19,21). The minimum atomic E-state index is -1.07. The first kappa shape index (κ1) is 18.6. The summed E-state index contributed by atoms with van der Waals surface area (Å²) in [6.07, 6.45) is 1.62. The lowest BCUT2D eigenvalue weighted by atomic mass is 10.0. The maximum absolute atomic E-state index is 12.0. The molecule has 10 heteroatoms. The summed E-state index contributed by atoms with van der Waals surface area (Å²) in [6, 6.07) is 0.481. The summed E-state index contributed by atoms with van der Waals surface area (Å²) in [5, 5.41) is 19.5. The molecule has 2 amide bonds. The van der Waals surface area contributed by atoms with Crippen molar-refractivity contribution in [3.8, 4) is 0 Å². The van der Waals surface area contributed by atoms with Crippen molar-refractivity contribution in [2.24, 2.45) is 5.92 Å². The van der Waals surface area contributed by atoms with Crippen LogP contribution in [0.4, 0.5) is 5.13 Å². The molecule has 2 aromatic heterocycles. The molecule has 0 aromatic carbocycles. The van der Waals surface area contributed by atoms with Gasteiger partial charge in [0.1, 0.15) is 6.04 Å². The van der Waals surface area contributed by atoms with Crippen molar-refractivity contribution >= 4 is 34.3 Å². The molecule has 134 valence electrons. The first-order valence-corrected chi connectivity index (χ1v) is 8.41. The molecule has 2 aromatic rings. The van der Waals surface area contributed by atoms with Crippen molar-refractivity contribution in [3.63, 3.8) is 0 Å². The van der Waals surface area contributed by atoms with Gasteiger partial charge in [-0.2, -0.15) is 0 Å². The average Bonchev–Trinajstić information content (AvgIpc) is 3.17. The van der Waals surface area contributed by atoms with E-state index in [1.165, 1.54) is 12.3 Å². The van der Waals surface area contributed by atoms with E-state index in [1.54, 1.807) is 5.38 Å². The molecule has 25 heavy (non-hydrogen) atoms. The molecule has 0 saturated heterocycles. The number of carboxylic acids is 1. The van der Waals surface area contributed by atoms with E-state index >= 15 is 0 Å². The zero-order chi connectivity index (χ0) is 18.4. The van der Waals surface area contributed by atoms with Gasteiger partial charge in [0.05, 0.1) is 18.3 Å². The van der Waals surface area contributed by atoms with Crippen LogP contribution >= 0.6 is 11.3 Å². The topological polar surface area (TPSA) is 134 Å². The third-order valence-corrected chi connectivity index (χ3v) is 3.92. The number of amides is 2. The number of nitrogens with one attached hydrogen (secondary N) is 2. The first-order chi connectivity index (χ1) is 11.8. The second-order valence-electron chi connectivity index (χ2n) is 5.74. The van der Waals surface area contributed by atoms with Crippen molar-refractivity contribution in [3.05, 3.63) is 29.1 Å². The molecule has 3 N–H and O–H groups in total. The number of hydrogen-bond donors (Lipinski definition) is 3. The van der Waals surface area contributed by atoms with E-state index in [9.17, 15) is 14.4 Å². The minimum Gasteiger partial charge on any atom is -0.480 e. The van der Waals surface area contributed by atoms with E-state index in [-0.39, 0.29) is 18.1 Å². The van der Waals surface area contributed by atoms with Crippen LogP contribution in [0.1, 0.15) is 36.5 Å². The summed E-state index contributed by atoms with van der Waals surface area (Å²) in [5.74, 6) is -1.82. The van der Waals surface area contributed by atoms with Gasteiger partial charge in [0.25, 0.3) is 5.91 Å². The predicted molar refractivity (Wildman–Crippen MR) is 89.3 cm³/mol. The summed E-state index contributed by atoms with van der Waals surface area (Å²) in [7, 11) is 0. The molecule has 0 aliphatic rings. The fraction of sp³-hybridized carbons (Fsp3) is 0.400. The fourth-order valence-electron chi connectivity index (χ4n) is 2.04. The van der Waals surface area contributed by atoms with Gasteiger partial charge in [-0.15, -0.1) is 11.3 Å². The van der Waals surface area contributed by atoms with Crippen LogP contribution in [-0.2, 0) is 16.0 Å². The van der Waals surface area contributed by atoms with Crippen LogP contribution in [0.25, 0.3) is 0 Å². The van der Waals surface area contributed by atoms with E-state index in [4.69, 9.17) is 9.63 Å². The van der Waals surface area contributed by atoms with Gasteiger partial charge in [-0.25, -0.2) is 9.78 Å². The molecule has 2 heterocycles. The van der Waals surface area contributed by atoms with E-state index in [0.717, 1.165) is 11.3 Å². The van der Waals surface area contributed by atoms with Crippen LogP contribution in [0.5, 0.6) is 0 Å². The van der Waals surface area contributed by atoms with Crippen molar-refractivity contribution in [1.29, 1.82) is 0 Å². The summed E-state index contributed by atoms with van der Waals surface area (Å²) < 4.78 is 4.73. The Bertz CT molecular complexity index is 741. The molecule has 9 nitrogen and oxygen atoms in total. The summed E-state index contributed by atoms with van der Waals surface area (Å²) >= 11 is 1.15. The fourth-order valence-corrected chi connectivity index (χ4v) is 2.75. The molecule has 0 saturated carbocycles. The predicted octanol–water partition coefficient (Wildman–Crippen LogP) is 1.54. The molecule has 0 fully saturated rings. The minimum absolute atomic E-state index is 0.0486.